The molecule has 0 spiro atoms. The normalized spacial score (nSPS) is 20.3. The molecule has 6 nitrogen and oxygen atoms in total. The molecule has 1 fully saturated rings. The SMILES string of the molecule is CN(Cc1ccc(F)cc1Cl)C(=O)[C@@H]1CS(=O)(=O)CC(=O)N1. The summed E-state index contributed by atoms with van der Waals surface area (Å²) in [5, 5.41) is 2.53. The molecular weight excluding hydrogens is 335 g/mol. The van der Waals surface area contributed by atoms with Gasteiger partial charge in [0.05, 0.1) is 5.75 Å². The van der Waals surface area contributed by atoms with Gasteiger partial charge in [-0.05, 0) is 17.7 Å². The molecule has 22 heavy (non-hydrogen) atoms. The Kier molecular flexibility index (Phi) is 4.72. The van der Waals surface area contributed by atoms with Crippen LogP contribution in [0.4, 0.5) is 4.39 Å². The fourth-order valence-corrected chi connectivity index (χ4v) is 3.73. The van der Waals surface area contributed by atoms with Crippen molar-refractivity contribution in [2.24, 2.45) is 0 Å². The molecule has 0 bridgehead atoms. The first-order valence-electron chi connectivity index (χ1n) is 6.36. The molecule has 1 aliphatic heterocycles. The summed E-state index contributed by atoms with van der Waals surface area (Å²) in [6.07, 6.45) is 0. The first kappa shape index (κ1) is 16.7. The van der Waals surface area contributed by atoms with E-state index in [1.807, 2.05) is 0 Å². The molecule has 1 atom stereocenters. The number of sulfone groups is 1. The first-order valence-corrected chi connectivity index (χ1v) is 8.56. The maximum Gasteiger partial charge on any atom is 0.246 e. The fraction of sp³-hybridized carbons (Fsp3) is 0.385. The summed E-state index contributed by atoms with van der Waals surface area (Å²) < 4.78 is 36.1. The van der Waals surface area contributed by atoms with Gasteiger partial charge < -0.3 is 10.2 Å². The zero-order valence-corrected chi connectivity index (χ0v) is 13.2. The second kappa shape index (κ2) is 6.21. The van der Waals surface area contributed by atoms with Gasteiger partial charge in [0.15, 0.2) is 9.84 Å². The van der Waals surface area contributed by atoms with E-state index in [0.29, 0.717) is 5.56 Å². The number of hydrogen-bond acceptors (Lipinski definition) is 4. The molecule has 2 rings (SSSR count). The predicted octanol–water partition coefficient (Wildman–Crippen LogP) is 0.351. The van der Waals surface area contributed by atoms with Crippen LogP contribution in [0.25, 0.3) is 0 Å². The van der Waals surface area contributed by atoms with Gasteiger partial charge in [0.2, 0.25) is 11.8 Å². The van der Waals surface area contributed by atoms with E-state index in [9.17, 15) is 22.4 Å². The third-order valence-electron chi connectivity index (χ3n) is 3.20. The van der Waals surface area contributed by atoms with E-state index >= 15 is 0 Å². The van der Waals surface area contributed by atoms with E-state index < -0.39 is 45.0 Å². The summed E-state index contributed by atoms with van der Waals surface area (Å²) in [6.45, 7) is 0.0738. The standard InChI is InChI=1S/C13H14ClFN2O4S/c1-17(5-8-2-3-9(15)4-10(8)14)13(19)11-6-22(20,21)7-12(18)16-11/h2-4,11H,5-7H2,1H3,(H,16,18)/t11-/m0/s1. The predicted molar refractivity (Wildman–Crippen MR) is 78.5 cm³/mol. The summed E-state index contributed by atoms with van der Waals surface area (Å²) in [6, 6.07) is 2.67. The lowest BCUT2D eigenvalue weighted by molar-refractivity contribution is -0.135. The van der Waals surface area contributed by atoms with Crippen LogP contribution in [0.2, 0.25) is 5.02 Å². The highest BCUT2D eigenvalue weighted by Crippen LogP contribution is 2.19. The number of likely N-dealkylation sites (N-methyl/N-ethyl adjacent to an activating group) is 1. The molecule has 1 aliphatic rings. The lowest BCUT2D eigenvalue weighted by atomic mass is 10.2. The third kappa shape index (κ3) is 3.95. The van der Waals surface area contributed by atoms with Crippen molar-refractivity contribution in [1.29, 1.82) is 0 Å². The Morgan fingerprint density at radius 1 is 1.50 bits per heavy atom. The van der Waals surface area contributed by atoms with Crippen molar-refractivity contribution in [3.8, 4) is 0 Å². The molecule has 9 heteroatoms. The van der Waals surface area contributed by atoms with Gasteiger partial charge in [-0.15, -0.1) is 0 Å². The van der Waals surface area contributed by atoms with Crippen LogP contribution in [-0.4, -0.2) is 49.7 Å². The Hall–Kier alpha value is -1.67. The zero-order chi connectivity index (χ0) is 16.5. The van der Waals surface area contributed by atoms with E-state index in [1.165, 1.54) is 24.1 Å². The van der Waals surface area contributed by atoms with Crippen molar-refractivity contribution in [3.63, 3.8) is 0 Å². The zero-order valence-electron chi connectivity index (χ0n) is 11.7. The molecule has 1 saturated heterocycles. The molecule has 1 aromatic carbocycles. The third-order valence-corrected chi connectivity index (χ3v) is 5.10. The second-order valence-corrected chi connectivity index (χ2v) is 7.62. The maximum absolute atomic E-state index is 13.0. The highest BCUT2D eigenvalue weighted by molar-refractivity contribution is 7.92. The maximum atomic E-state index is 13.0. The van der Waals surface area contributed by atoms with Crippen molar-refractivity contribution in [2.45, 2.75) is 12.6 Å². The van der Waals surface area contributed by atoms with Gasteiger partial charge in [-0.1, -0.05) is 17.7 Å². The molecule has 1 aromatic rings. The van der Waals surface area contributed by atoms with Crippen LogP contribution in [0.1, 0.15) is 5.56 Å². The number of nitrogens with one attached hydrogen (secondary N) is 1. The second-order valence-electron chi connectivity index (χ2n) is 5.10. The summed E-state index contributed by atoms with van der Waals surface area (Å²) in [5.41, 5.74) is 0.518. The van der Waals surface area contributed by atoms with Crippen LogP contribution in [-0.2, 0) is 26.0 Å². The lowest BCUT2D eigenvalue weighted by Gasteiger charge is -2.27. The summed E-state index contributed by atoms with van der Waals surface area (Å²) in [7, 11) is -2.13. The Bertz CT molecular complexity index is 723. The van der Waals surface area contributed by atoms with Gasteiger partial charge >= 0.3 is 0 Å². The van der Waals surface area contributed by atoms with Crippen LogP contribution in [0.3, 0.4) is 0 Å². The van der Waals surface area contributed by atoms with Crippen LogP contribution in [0.5, 0.6) is 0 Å². The first-order chi connectivity index (χ1) is 10.2. The molecule has 0 saturated carbocycles. The Morgan fingerprint density at radius 2 is 2.18 bits per heavy atom. The highest BCUT2D eigenvalue weighted by Gasteiger charge is 2.35. The number of rotatable bonds is 3. The van der Waals surface area contributed by atoms with E-state index in [0.717, 1.165) is 6.07 Å². The number of nitrogens with zero attached hydrogens (tertiary/aromatic N) is 1. The molecular formula is C13H14ClFN2O4S. The summed E-state index contributed by atoms with van der Waals surface area (Å²) in [5.74, 6) is -2.77. The molecule has 0 aliphatic carbocycles. The van der Waals surface area contributed by atoms with Crippen LogP contribution < -0.4 is 5.32 Å². The Morgan fingerprint density at radius 3 is 2.77 bits per heavy atom. The van der Waals surface area contributed by atoms with Gasteiger partial charge in [0, 0.05) is 18.6 Å². The van der Waals surface area contributed by atoms with Crippen LogP contribution >= 0.6 is 11.6 Å². The van der Waals surface area contributed by atoms with Gasteiger partial charge in [-0.3, -0.25) is 9.59 Å². The van der Waals surface area contributed by atoms with Gasteiger partial charge in [-0.25, -0.2) is 12.8 Å². The van der Waals surface area contributed by atoms with Crippen molar-refractivity contribution in [3.05, 3.63) is 34.6 Å². The van der Waals surface area contributed by atoms with Gasteiger partial charge in [0.1, 0.15) is 17.6 Å². The van der Waals surface area contributed by atoms with Crippen molar-refractivity contribution < 1.29 is 22.4 Å². The number of carbonyl (C=O) groups excluding carboxylic acids is 2. The molecule has 2 amide bonds. The highest BCUT2D eigenvalue weighted by atomic mass is 35.5. The molecule has 0 aromatic heterocycles. The number of benzene rings is 1. The number of hydrogen-bond donors (Lipinski definition) is 1. The minimum atomic E-state index is -3.58. The molecule has 0 radical (unpaired) electrons. The Labute approximate surface area is 132 Å². The van der Waals surface area contributed by atoms with Crippen LogP contribution in [0, 0.1) is 5.82 Å². The lowest BCUT2D eigenvalue weighted by Crippen LogP contribution is -2.56. The number of halogens is 2. The minimum absolute atomic E-state index is 0.0738. The largest absolute Gasteiger partial charge is 0.342 e. The molecule has 1 N–H and O–H groups in total. The number of amides is 2. The Balaban J connectivity index is 2.10. The topological polar surface area (TPSA) is 83.6 Å². The van der Waals surface area contributed by atoms with Crippen molar-refractivity contribution in [1.82, 2.24) is 10.2 Å². The average Bonchev–Trinajstić information content (AvgIpc) is 2.38. The fourth-order valence-electron chi connectivity index (χ4n) is 2.17. The van der Waals surface area contributed by atoms with E-state index in [4.69, 9.17) is 11.6 Å². The van der Waals surface area contributed by atoms with E-state index in [2.05, 4.69) is 5.32 Å². The average molecular weight is 349 g/mol. The number of carbonyl (C=O) groups is 2. The molecule has 120 valence electrons. The molecule has 0 unspecified atom stereocenters. The van der Waals surface area contributed by atoms with Crippen molar-refractivity contribution >= 4 is 33.3 Å². The minimum Gasteiger partial charge on any atom is -0.342 e. The van der Waals surface area contributed by atoms with Crippen LogP contribution in [0.15, 0.2) is 18.2 Å². The smallest absolute Gasteiger partial charge is 0.246 e. The van der Waals surface area contributed by atoms with Gasteiger partial charge in [-0.2, -0.15) is 0 Å². The van der Waals surface area contributed by atoms with Crippen molar-refractivity contribution in [2.75, 3.05) is 18.6 Å². The molecule has 1 heterocycles. The quantitative estimate of drug-likeness (QED) is 0.854. The summed E-state index contributed by atoms with van der Waals surface area (Å²) in [4.78, 5) is 24.8. The summed E-state index contributed by atoms with van der Waals surface area (Å²) >= 11 is 5.89. The van der Waals surface area contributed by atoms with Gasteiger partial charge in [0.25, 0.3) is 0 Å². The van der Waals surface area contributed by atoms with E-state index in [-0.39, 0.29) is 11.6 Å². The van der Waals surface area contributed by atoms with E-state index in [1.54, 1.807) is 0 Å². The monoisotopic (exact) mass is 348 g/mol.